The molecule has 1 aromatic carbocycles. The van der Waals surface area contributed by atoms with Crippen LogP contribution in [0.15, 0.2) is 30.3 Å². The minimum Gasteiger partial charge on any atom is -0.347 e. The van der Waals surface area contributed by atoms with E-state index in [0.29, 0.717) is 12.5 Å². The van der Waals surface area contributed by atoms with Gasteiger partial charge in [0.2, 0.25) is 5.95 Å². The van der Waals surface area contributed by atoms with Crippen LogP contribution in [0.5, 0.6) is 0 Å². The van der Waals surface area contributed by atoms with Crippen molar-refractivity contribution in [3.05, 3.63) is 47.3 Å². The Balaban J connectivity index is 1.99. The Hall–Kier alpha value is -2.63. The maximum Gasteiger partial charge on any atom is 0.319 e. The van der Waals surface area contributed by atoms with Crippen LogP contribution in [-0.4, -0.2) is 30.1 Å². The molecule has 2 amide bonds. The number of urea groups is 1. The summed E-state index contributed by atoms with van der Waals surface area (Å²) in [5.41, 5.74) is 3.59. The van der Waals surface area contributed by atoms with Gasteiger partial charge in [-0.1, -0.05) is 25.1 Å². The van der Waals surface area contributed by atoms with Gasteiger partial charge in [0.1, 0.15) is 0 Å². The predicted octanol–water partition coefficient (Wildman–Crippen LogP) is 2.74. The largest absolute Gasteiger partial charge is 0.347 e. The van der Waals surface area contributed by atoms with Crippen LogP contribution >= 0.6 is 0 Å². The van der Waals surface area contributed by atoms with Crippen LogP contribution in [0, 0.1) is 6.92 Å². The third-order valence-corrected chi connectivity index (χ3v) is 3.37. The number of aromatic nitrogens is 2. The summed E-state index contributed by atoms with van der Waals surface area (Å²) in [5, 5.41) is 5.71. The minimum atomic E-state index is -0.242. The molecule has 0 saturated carbocycles. The van der Waals surface area contributed by atoms with Gasteiger partial charge in [0.05, 0.1) is 12.2 Å². The van der Waals surface area contributed by atoms with Gasteiger partial charge < -0.3 is 15.5 Å². The second-order valence-corrected chi connectivity index (χ2v) is 5.51. The molecule has 0 aliphatic rings. The van der Waals surface area contributed by atoms with Crippen LogP contribution in [0.3, 0.4) is 0 Å². The molecule has 1 aromatic heterocycles. The molecule has 0 fully saturated rings. The SMILES string of the molecule is CCc1ccccc1NC(=O)NCc1cc(C)nc(N(C)C)n1. The molecule has 0 spiro atoms. The van der Waals surface area contributed by atoms with Crippen molar-refractivity contribution < 1.29 is 4.79 Å². The summed E-state index contributed by atoms with van der Waals surface area (Å²) in [7, 11) is 3.78. The lowest BCUT2D eigenvalue weighted by atomic mass is 10.1. The van der Waals surface area contributed by atoms with E-state index in [1.807, 2.05) is 56.3 Å². The van der Waals surface area contributed by atoms with Crippen molar-refractivity contribution in [2.24, 2.45) is 0 Å². The summed E-state index contributed by atoms with van der Waals surface area (Å²) in [6, 6.07) is 9.41. The van der Waals surface area contributed by atoms with Gasteiger partial charge in [-0.05, 0) is 31.0 Å². The Labute approximate surface area is 137 Å². The van der Waals surface area contributed by atoms with Gasteiger partial charge >= 0.3 is 6.03 Å². The summed E-state index contributed by atoms with van der Waals surface area (Å²) in [4.78, 5) is 22.7. The van der Waals surface area contributed by atoms with Gasteiger partial charge in [0.25, 0.3) is 0 Å². The second kappa shape index (κ2) is 7.58. The number of benzene rings is 1. The van der Waals surface area contributed by atoms with E-state index in [9.17, 15) is 4.79 Å². The summed E-state index contributed by atoms with van der Waals surface area (Å²) in [6.07, 6.45) is 0.869. The quantitative estimate of drug-likeness (QED) is 0.890. The zero-order valence-electron chi connectivity index (χ0n) is 14.1. The lowest BCUT2D eigenvalue weighted by molar-refractivity contribution is 0.251. The number of hydrogen-bond acceptors (Lipinski definition) is 4. The maximum absolute atomic E-state index is 12.1. The van der Waals surface area contributed by atoms with Crippen molar-refractivity contribution in [2.45, 2.75) is 26.8 Å². The lowest BCUT2D eigenvalue weighted by Gasteiger charge is -2.13. The summed E-state index contributed by atoms with van der Waals surface area (Å²) >= 11 is 0. The molecule has 0 aliphatic carbocycles. The number of amides is 2. The van der Waals surface area contributed by atoms with Crippen LogP contribution in [-0.2, 0) is 13.0 Å². The third-order valence-electron chi connectivity index (χ3n) is 3.37. The average Bonchev–Trinajstić information content (AvgIpc) is 2.53. The molecule has 0 aliphatic heterocycles. The second-order valence-electron chi connectivity index (χ2n) is 5.51. The number of hydrogen-bond donors (Lipinski definition) is 2. The monoisotopic (exact) mass is 313 g/mol. The van der Waals surface area contributed by atoms with E-state index in [-0.39, 0.29) is 6.03 Å². The summed E-state index contributed by atoms with van der Waals surface area (Å²) < 4.78 is 0. The average molecular weight is 313 g/mol. The van der Waals surface area contributed by atoms with Gasteiger partial charge in [0, 0.05) is 25.5 Å². The first kappa shape index (κ1) is 16.7. The van der Waals surface area contributed by atoms with E-state index in [0.717, 1.165) is 29.1 Å². The predicted molar refractivity (Wildman–Crippen MR) is 92.8 cm³/mol. The van der Waals surface area contributed by atoms with Gasteiger partial charge in [-0.15, -0.1) is 0 Å². The van der Waals surface area contributed by atoms with E-state index in [1.54, 1.807) is 0 Å². The molecule has 122 valence electrons. The van der Waals surface area contributed by atoms with Gasteiger partial charge in [-0.2, -0.15) is 0 Å². The molecule has 0 unspecified atom stereocenters. The fraction of sp³-hybridized carbons (Fsp3) is 0.353. The molecule has 2 N–H and O–H groups in total. The number of carbonyl (C=O) groups excluding carboxylic acids is 1. The van der Waals surface area contributed by atoms with Crippen molar-refractivity contribution in [3.8, 4) is 0 Å². The zero-order chi connectivity index (χ0) is 16.8. The van der Waals surface area contributed by atoms with Crippen molar-refractivity contribution in [1.29, 1.82) is 0 Å². The van der Waals surface area contributed by atoms with E-state index in [4.69, 9.17) is 0 Å². The van der Waals surface area contributed by atoms with Crippen LogP contribution in [0.1, 0.15) is 23.9 Å². The van der Waals surface area contributed by atoms with Crippen LogP contribution in [0.25, 0.3) is 0 Å². The van der Waals surface area contributed by atoms with Crippen LogP contribution in [0.2, 0.25) is 0 Å². The Morgan fingerprint density at radius 2 is 1.96 bits per heavy atom. The topological polar surface area (TPSA) is 70.2 Å². The maximum atomic E-state index is 12.1. The first-order valence-electron chi connectivity index (χ1n) is 7.64. The highest BCUT2D eigenvalue weighted by molar-refractivity contribution is 5.90. The first-order chi connectivity index (χ1) is 11.0. The lowest BCUT2D eigenvalue weighted by Crippen LogP contribution is -2.29. The molecular formula is C17H23N5O. The number of nitrogens with one attached hydrogen (secondary N) is 2. The molecule has 6 nitrogen and oxygen atoms in total. The van der Waals surface area contributed by atoms with Crippen molar-refractivity contribution in [2.75, 3.05) is 24.3 Å². The van der Waals surface area contributed by atoms with Crippen molar-refractivity contribution in [1.82, 2.24) is 15.3 Å². The van der Waals surface area contributed by atoms with Crippen LogP contribution in [0.4, 0.5) is 16.4 Å². The van der Waals surface area contributed by atoms with Crippen molar-refractivity contribution >= 4 is 17.7 Å². The number of carbonyl (C=O) groups is 1. The Bertz CT molecular complexity index is 684. The molecule has 6 heteroatoms. The highest BCUT2D eigenvalue weighted by atomic mass is 16.2. The molecule has 0 radical (unpaired) electrons. The van der Waals surface area contributed by atoms with E-state index < -0.39 is 0 Å². The number of rotatable bonds is 5. The smallest absolute Gasteiger partial charge is 0.319 e. The van der Waals surface area contributed by atoms with Gasteiger partial charge in [-0.3, -0.25) is 0 Å². The fourth-order valence-electron chi connectivity index (χ4n) is 2.20. The summed E-state index contributed by atoms with van der Waals surface area (Å²) in [5.74, 6) is 0.638. The molecule has 1 heterocycles. The number of anilines is 2. The highest BCUT2D eigenvalue weighted by Gasteiger charge is 2.07. The minimum absolute atomic E-state index is 0.242. The Morgan fingerprint density at radius 1 is 1.22 bits per heavy atom. The normalized spacial score (nSPS) is 10.3. The standard InChI is InChI=1S/C17H23N5O/c1-5-13-8-6-7-9-15(13)21-17(23)18-11-14-10-12(2)19-16(20-14)22(3)4/h6-10H,5,11H2,1-4H3,(H2,18,21,23). The third kappa shape index (κ3) is 4.67. The molecule has 2 rings (SSSR count). The Morgan fingerprint density at radius 3 is 2.65 bits per heavy atom. The van der Waals surface area contributed by atoms with Gasteiger partial charge in [-0.25, -0.2) is 14.8 Å². The molecular weight excluding hydrogens is 290 g/mol. The number of para-hydroxylation sites is 1. The van der Waals surface area contributed by atoms with E-state index >= 15 is 0 Å². The van der Waals surface area contributed by atoms with E-state index in [2.05, 4.69) is 27.5 Å². The zero-order valence-corrected chi connectivity index (χ0v) is 14.1. The Kier molecular flexibility index (Phi) is 5.51. The molecule has 23 heavy (non-hydrogen) atoms. The molecule has 0 bridgehead atoms. The number of aryl methyl sites for hydroxylation is 2. The number of nitrogens with zero attached hydrogens (tertiary/aromatic N) is 3. The fourth-order valence-corrected chi connectivity index (χ4v) is 2.20. The van der Waals surface area contributed by atoms with Gasteiger partial charge in [0.15, 0.2) is 0 Å². The van der Waals surface area contributed by atoms with Crippen molar-refractivity contribution in [3.63, 3.8) is 0 Å². The van der Waals surface area contributed by atoms with Crippen LogP contribution < -0.4 is 15.5 Å². The molecule has 2 aromatic rings. The van der Waals surface area contributed by atoms with E-state index in [1.165, 1.54) is 0 Å². The summed E-state index contributed by atoms with van der Waals surface area (Å²) in [6.45, 7) is 4.32. The molecule has 0 saturated heterocycles. The first-order valence-corrected chi connectivity index (χ1v) is 7.64. The molecule has 0 atom stereocenters. The highest BCUT2D eigenvalue weighted by Crippen LogP contribution is 2.15.